The molecule has 5 aromatic rings. The Bertz CT molecular complexity index is 1920. The number of pyridine rings is 2. The van der Waals surface area contributed by atoms with Crippen molar-refractivity contribution >= 4 is 73.1 Å². The number of aryl methyl sites for hydroxylation is 1. The van der Waals surface area contributed by atoms with Gasteiger partial charge in [0.2, 0.25) is 0 Å². The molecule has 41 heavy (non-hydrogen) atoms. The van der Waals surface area contributed by atoms with Crippen LogP contribution in [0.3, 0.4) is 0 Å². The molecule has 0 radical (unpaired) electrons. The zero-order valence-corrected chi connectivity index (χ0v) is 25.8. The molecule has 7 rings (SSSR count). The minimum atomic E-state index is -0.0101. The van der Waals surface area contributed by atoms with Gasteiger partial charge in [0.25, 0.3) is 11.1 Å². The van der Waals surface area contributed by atoms with Crippen LogP contribution in [0.25, 0.3) is 21.5 Å². The topological polar surface area (TPSA) is 61.1 Å². The third-order valence-corrected chi connectivity index (χ3v) is 9.38. The lowest BCUT2D eigenvalue weighted by molar-refractivity contribution is 0.0984. The fourth-order valence-electron chi connectivity index (χ4n) is 5.16. The summed E-state index contributed by atoms with van der Waals surface area (Å²) in [5.74, 6) is 0.0187. The number of halogens is 3. The SMILES string of the molecule is O=C(CCc1ccc(Cl)c(Cl)c1)c1cccc2c(=O)n(C3CC3)ccc12.O=c1c2cccc(I)c2ccn1C1CC1. The Morgan fingerprint density at radius 1 is 0.732 bits per heavy atom. The molecule has 5 nitrogen and oxygen atoms in total. The predicted octanol–water partition coefficient (Wildman–Crippen LogP) is 8.40. The number of rotatable bonds is 6. The van der Waals surface area contributed by atoms with Gasteiger partial charge in [-0.05, 0) is 108 Å². The van der Waals surface area contributed by atoms with Gasteiger partial charge in [-0.3, -0.25) is 14.4 Å². The van der Waals surface area contributed by atoms with Gasteiger partial charge in [-0.15, -0.1) is 0 Å². The van der Waals surface area contributed by atoms with Crippen molar-refractivity contribution < 1.29 is 4.79 Å². The number of ketones is 1. The minimum Gasteiger partial charge on any atom is -0.312 e. The highest BCUT2D eigenvalue weighted by Crippen LogP contribution is 2.35. The maximum Gasteiger partial charge on any atom is 0.258 e. The first-order valence-corrected chi connectivity index (χ1v) is 15.6. The Hall–Kier alpha value is -2.94. The van der Waals surface area contributed by atoms with Gasteiger partial charge in [-0.1, -0.05) is 47.5 Å². The van der Waals surface area contributed by atoms with Gasteiger partial charge in [0, 0.05) is 56.2 Å². The summed E-state index contributed by atoms with van der Waals surface area (Å²) in [4.78, 5) is 37.5. The highest BCUT2D eigenvalue weighted by Gasteiger charge is 2.26. The predicted molar refractivity (Wildman–Crippen MR) is 175 cm³/mol. The Labute approximate surface area is 260 Å². The fraction of sp³-hybridized carbons (Fsp3) is 0.242. The molecule has 2 saturated carbocycles. The third-order valence-electron chi connectivity index (χ3n) is 7.70. The molecule has 2 heterocycles. The van der Waals surface area contributed by atoms with E-state index in [1.165, 1.54) is 0 Å². The molecule has 0 unspecified atom stereocenters. The summed E-state index contributed by atoms with van der Waals surface area (Å²) < 4.78 is 4.80. The number of carbonyl (C=O) groups excluding carboxylic acids is 1. The molecule has 2 fully saturated rings. The Morgan fingerprint density at radius 2 is 1.32 bits per heavy atom. The van der Waals surface area contributed by atoms with Crippen LogP contribution < -0.4 is 11.1 Å². The van der Waals surface area contributed by atoms with Crippen LogP contribution >= 0.6 is 45.8 Å². The molecular weight excluding hydrogens is 670 g/mol. The number of hydrogen-bond donors (Lipinski definition) is 0. The van der Waals surface area contributed by atoms with Gasteiger partial charge < -0.3 is 9.13 Å². The zero-order chi connectivity index (χ0) is 28.7. The average Bonchev–Trinajstić information content (AvgIpc) is 3.89. The minimum absolute atomic E-state index is 0.0101. The summed E-state index contributed by atoms with van der Waals surface area (Å²) in [7, 11) is 0. The number of aromatic nitrogens is 2. The van der Waals surface area contributed by atoms with Crippen LogP contribution in [0, 0.1) is 3.57 Å². The van der Waals surface area contributed by atoms with Crippen LogP contribution in [-0.2, 0) is 6.42 Å². The summed E-state index contributed by atoms with van der Waals surface area (Å²) in [5.41, 5.74) is 1.71. The first kappa shape index (κ1) is 28.2. The molecule has 2 aliphatic rings. The van der Waals surface area contributed by atoms with E-state index in [1.807, 2.05) is 47.3 Å². The van der Waals surface area contributed by atoms with E-state index in [0.717, 1.165) is 51.0 Å². The summed E-state index contributed by atoms with van der Waals surface area (Å²) in [6.45, 7) is 0. The first-order chi connectivity index (χ1) is 19.8. The third kappa shape index (κ3) is 6.01. The van der Waals surface area contributed by atoms with E-state index in [2.05, 4.69) is 28.7 Å². The van der Waals surface area contributed by atoms with Crippen LogP contribution in [0.5, 0.6) is 0 Å². The summed E-state index contributed by atoms with van der Waals surface area (Å²) in [5, 5.41) is 4.25. The molecule has 0 saturated heterocycles. The van der Waals surface area contributed by atoms with Crippen molar-refractivity contribution in [3.05, 3.63) is 125 Å². The van der Waals surface area contributed by atoms with Crippen LogP contribution in [0.2, 0.25) is 10.0 Å². The Morgan fingerprint density at radius 3 is 1.93 bits per heavy atom. The number of nitrogens with zero attached hydrogens (tertiary/aromatic N) is 2. The van der Waals surface area contributed by atoms with E-state index in [-0.39, 0.29) is 16.9 Å². The van der Waals surface area contributed by atoms with Crippen molar-refractivity contribution in [1.29, 1.82) is 0 Å². The molecule has 2 aliphatic carbocycles. The Kier molecular flexibility index (Phi) is 8.07. The molecule has 0 aliphatic heterocycles. The number of hydrogen-bond acceptors (Lipinski definition) is 3. The smallest absolute Gasteiger partial charge is 0.258 e. The fourth-order valence-corrected chi connectivity index (χ4v) is 6.16. The molecular formula is C33H27Cl2IN2O3. The van der Waals surface area contributed by atoms with Crippen molar-refractivity contribution in [1.82, 2.24) is 9.13 Å². The highest BCUT2D eigenvalue weighted by molar-refractivity contribution is 14.1. The van der Waals surface area contributed by atoms with Gasteiger partial charge >= 0.3 is 0 Å². The van der Waals surface area contributed by atoms with E-state index in [9.17, 15) is 14.4 Å². The molecule has 0 atom stereocenters. The van der Waals surface area contributed by atoms with Gasteiger partial charge in [-0.2, -0.15) is 0 Å². The number of benzene rings is 3. The maximum absolute atomic E-state index is 12.8. The number of carbonyl (C=O) groups is 1. The van der Waals surface area contributed by atoms with Crippen LogP contribution in [0.1, 0.15) is 60.1 Å². The lowest BCUT2D eigenvalue weighted by Gasteiger charge is -2.09. The lowest BCUT2D eigenvalue weighted by Crippen LogP contribution is -2.19. The zero-order valence-electron chi connectivity index (χ0n) is 22.2. The number of fused-ring (bicyclic) bond motifs is 2. The van der Waals surface area contributed by atoms with Crippen molar-refractivity contribution in [2.24, 2.45) is 0 Å². The van der Waals surface area contributed by atoms with Gasteiger partial charge in [0.05, 0.1) is 10.0 Å². The van der Waals surface area contributed by atoms with Crippen molar-refractivity contribution in [3.8, 4) is 0 Å². The molecule has 208 valence electrons. The summed E-state index contributed by atoms with van der Waals surface area (Å²) in [6, 6.07) is 21.4. The maximum atomic E-state index is 12.8. The molecule has 3 aromatic carbocycles. The van der Waals surface area contributed by atoms with Gasteiger partial charge in [-0.25, -0.2) is 0 Å². The van der Waals surface area contributed by atoms with Crippen LogP contribution in [0.4, 0.5) is 0 Å². The summed E-state index contributed by atoms with van der Waals surface area (Å²) >= 11 is 14.2. The lowest BCUT2D eigenvalue weighted by atomic mass is 9.98. The molecule has 0 bridgehead atoms. The molecule has 8 heteroatoms. The van der Waals surface area contributed by atoms with Crippen molar-refractivity contribution in [3.63, 3.8) is 0 Å². The molecule has 0 spiro atoms. The normalized spacial score (nSPS) is 14.6. The van der Waals surface area contributed by atoms with Gasteiger partial charge in [0.15, 0.2) is 5.78 Å². The number of Topliss-reactive ketones (excluding diaryl/α,β-unsaturated/α-hetero) is 1. The standard InChI is InChI=1S/C21H17Cl2NO2.C12H10INO/c22-18-8-4-13(12-19(18)23)5-9-20(25)16-2-1-3-17-15(16)10-11-24(21(17)26)14-6-7-14;13-11-3-1-2-10-9(11)6-7-14(12(10)15)8-4-5-8/h1-4,8,10-12,14H,5-7,9H2;1-3,6-8H,4-5H2. The van der Waals surface area contributed by atoms with Crippen molar-refractivity contribution in [2.45, 2.75) is 50.6 Å². The second-order valence-corrected chi connectivity index (χ2v) is 12.6. The van der Waals surface area contributed by atoms with Crippen molar-refractivity contribution in [2.75, 3.05) is 0 Å². The largest absolute Gasteiger partial charge is 0.312 e. The van der Waals surface area contributed by atoms with E-state index >= 15 is 0 Å². The second kappa shape index (κ2) is 11.7. The Balaban J connectivity index is 0.000000170. The van der Waals surface area contributed by atoms with Crippen LogP contribution in [-0.4, -0.2) is 14.9 Å². The van der Waals surface area contributed by atoms with E-state index in [0.29, 0.717) is 45.9 Å². The monoisotopic (exact) mass is 696 g/mol. The molecule has 0 N–H and O–H groups in total. The molecule has 2 aromatic heterocycles. The van der Waals surface area contributed by atoms with E-state index in [4.69, 9.17) is 23.2 Å². The average molecular weight is 697 g/mol. The van der Waals surface area contributed by atoms with Crippen LogP contribution in [0.15, 0.2) is 88.7 Å². The van der Waals surface area contributed by atoms with E-state index in [1.54, 1.807) is 34.9 Å². The summed E-state index contributed by atoms with van der Waals surface area (Å²) in [6.07, 6.45) is 9.07. The quantitative estimate of drug-likeness (QED) is 0.132. The second-order valence-electron chi connectivity index (χ2n) is 10.7. The van der Waals surface area contributed by atoms with E-state index < -0.39 is 0 Å². The first-order valence-electron chi connectivity index (χ1n) is 13.7. The highest BCUT2D eigenvalue weighted by atomic mass is 127. The molecule has 0 amide bonds. The van der Waals surface area contributed by atoms with Gasteiger partial charge in [0.1, 0.15) is 0 Å².